The summed E-state index contributed by atoms with van der Waals surface area (Å²) < 4.78 is 22.0. The zero-order valence-corrected chi connectivity index (χ0v) is 22.5. The Morgan fingerprint density at radius 3 is 2.04 bits per heavy atom. The average Bonchev–Trinajstić information content (AvgIpc) is 3.34. The van der Waals surface area contributed by atoms with Gasteiger partial charge in [-0.25, -0.2) is 9.59 Å². The van der Waals surface area contributed by atoms with E-state index in [1.165, 1.54) is 0 Å². The van der Waals surface area contributed by atoms with Crippen molar-refractivity contribution in [1.82, 2.24) is 0 Å². The predicted molar refractivity (Wildman–Crippen MR) is 140 cm³/mol. The SMILES string of the molecule is O=C(O[C@@H]1Cc2c(O)cc3c(c2O[C@@H]1c1cc(O)c(O)c(O)c1)[C@]1(O)C(=O)O[C@H]([C@@H](O)CO)[C@@]1(O)O3)c1cc(O)c(O)c(O)c1. The van der Waals surface area contributed by atoms with Gasteiger partial charge in [-0.2, -0.15) is 0 Å². The van der Waals surface area contributed by atoms with Crippen molar-refractivity contribution in [3.05, 3.63) is 52.6 Å². The lowest BCUT2D eigenvalue weighted by atomic mass is 9.82. The molecule has 6 rings (SSSR count). The Morgan fingerprint density at radius 2 is 1.47 bits per heavy atom. The van der Waals surface area contributed by atoms with E-state index in [2.05, 4.69) is 0 Å². The third-order valence-electron chi connectivity index (χ3n) is 7.89. The molecule has 0 bridgehead atoms. The number of cyclic esters (lactones) is 1. The fourth-order valence-corrected chi connectivity index (χ4v) is 5.68. The van der Waals surface area contributed by atoms with Crippen LogP contribution in [0, 0.1) is 0 Å². The number of ether oxygens (including phenoxy) is 4. The molecule has 0 unspecified atom stereocenters. The van der Waals surface area contributed by atoms with Gasteiger partial charge in [-0.05, 0) is 24.3 Å². The van der Waals surface area contributed by atoms with Gasteiger partial charge < -0.3 is 75.1 Å². The molecule has 0 amide bonds. The maximum atomic E-state index is 13.1. The normalized spacial score (nSPS) is 26.9. The van der Waals surface area contributed by atoms with E-state index in [1.807, 2.05) is 0 Å². The van der Waals surface area contributed by atoms with E-state index in [-0.39, 0.29) is 11.1 Å². The van der Waals surface area contributed by atoms with Crippen LogP contribution in [0.15, 0.2) is 30.3 Å². The number of fused-ring (bicyclic) bond motifs is 5. The number of phenolic OH excluding ortho intramolecular Hbond substituents is 7. The first-order valence-electron chi connectivity index (χ1n) is 13.0. The summed E-state index contributed by atoms with van der Waals surface area (Å²) in [5.41, 5.74) is -4.51. The maximum absolute atomic E-state index is 13.1. The van der Waals surface area contributed by atoms with Crippen molar-refractivity contribution < 1.29 is 84.7 Å². The Hall–Kier alpha value is -5.36. The van der Waals surface area contributed by atoms with E-state index in [4.69, 9.17) is 18.9 Å². The largest absolute Gasteiger partial charge is 0.507 e. The van der Waals surface area contributed by atoms with Crippen LogP contribution in [0.1, 0.15) is 33.2 Å². The highest BCUT2D eigenvalue weighted by Gasteiger charge is 2.77. The number of carbonyl (C=O) groups is 2. The summed E-state index contributed by atoms with van der Waals surface area (Å²) in [5, 5.41) is 113. The number of rotatable bonds is 5. The van der Waals surface area contributed by atoms with E-state index in [0.717, 1.165) is 30.3 Å². The van der Waals surface area contributed by atoms with Crippen molar-refractivity contribution in [1.29, 1.82) is 0 Å². The Balaban J connectivity index is 1.48. The fraction of sp³-hybridized carbons (Fsp3) is 0.286. The van der Waals surface area contributed by atoms with Gasteiger partial charge in [0.1, 0.15) is 29.5 Å². The number of carbonyl (C=O) groups excluding carboxylic acids is 2. The number of aliphatic hydroxyl groups excluding tert-OH is 2. The molecule has 0 aliphatic carbocycles. The standard InChI is InChI=1S/C28H24O17/c29-7-16(35)24-28(41)27(40,26(39)44-24)19-17(45-28)6-11(30)10-5-18(42-25(38)9-3-14(33)21(37)15(34)4-9)22(43-23(10)19)8-1-12(31)20(36)13(32)2-8/h1-4,6,16,18,22,24,29-37,40-41H,5,7H2/t16-,18+,22+,24+,27-,28+/m0/s1. The van der Waals surface area contributed by atoms with Crippen LogP contribution < -0.4 is 9.47 Å². The second kappa shape index (κ2) is 9.83. The Labute approximate surface area is 250 Å². The Bertz CT molecular complexity index is 1720. The van der Waals surface area contributed by atoms with Gasteiger partial charge in [0.05, 0.1) is 17.7 Å². The van der Waals surface area contributed by atoms with Gasteiger partial charge in [-0.3, -0.25) is 0 Å². The number of hydrogen-bond donors (Lipinski definition) is 11. The fourth-order valence-electron chi connectivity index (χ4n) is 5.68. The van der Waals surface area contributed by atoms with Crippen LogP contribution in [0.4, 0.5) is 0 Å². The molecule has 3 aliphatic heterocycles. The van der Waals surface area contributed by atoms with Crippen LogP contribution in [-0.2, 0) is 26.3 Å². The van der Waals surface area contributed by atoms with E-state index in [9.17, 15) is 65.8 Å². The van der Waals surface area contributed by atoms with Gasteiger partial charge in [0.2, 0.25) is 0 Å². The maximum Gasteiger partial charge on any atom is 0.351 e. The highest BCUT2D eigenvalue weighted by Crippen LogP contribution is 2.61. The first-order chi connectivity index (χ1) is 21.1. The van der Waals surface area contributed by atoms with Gasteiger partial charge >= 0.3 is 11.9 Å². The van der Waals surface area contributed by atoms with E-state index in [0.29, 0.717) is 0 Å². The minimum absolute atomic E-state index is 0.163. The summed E-state index contributed by atoms with van der Waals surface area (Å²) in [6.45, 7) is -1.02. The van der Waals surface area contributed by atoms with Gasteiger partial charge in [-0.1, -0.05) is 0 Å². The molecule has 0 saturated carbocycles. The molecule has 3 aromatic carbocycles. The molecule has 1 fully saturated rings. The Morgan fingerprint density at radius 1 is 0.889 bits per heavy atom. The lowest BCUT2D eigenvalue weighted by molar-refractivity contribution is -0.251. The number of phenols is 7. The summed E-state index contributed by atoms with van der Waals surface area (Å²) in [6.07, 6.45) is -7.51. The lowest BCUT2D eigenvalue weighted by Gasteiger charge is -2.36. The van der Waals surface area contributed by atoms with Crippen molar-refractivity contribution >= 4 is 11.9 Å². The molecule has 17 heteroatoms. The first-order valence-corrected chi connectivity index (χ1v) is 13.0. The minimum Gasteiger partial charge on any atom is -0.507 e. The molecule has 238 valence electrons. The number of aliphatic hydroxyl groups is 4. The van der Waals surface area contributed by atoms with E-state index >= 15 is 0 Å². The Kier molecular flexibility index (Phi) is 6.49. The highest BCUT2D eigenvalue weighted by molar-refractivity contribution is 5.92. The van der Waals surface area contributed by atoms with Gasteiger partial charge in [-0.15, -0.1) is 0 Å². The first kappa shape index (κ1) is 29.7. The molecule has 17 nitrogen and oxygen atoms in total. The summed E-state index contributed by atoms with van der Waals surface area (Å²) >= 11 is 0. The smallest absolute Gasteiger partial charge is 0.351 e. The molecule has 3 heterocycles. The van der Waals surface area contributed by atoms with Gasteiger partial charge in [0.25, 0.3) is 11.4 Å². The number of esters is 2. The lowest BCUT2D eigenvalue weighted by Crippen LogP contribution is -2.59. The topological polar surface area (TPSA) is 294 Å². The van der Waals surface area contributed by atoms with E-state index < -0.39 is 124 Å². The quantitative estimate of drug-likeness (QED) is 0.120. The second-order valence-corrected chi connectivity index (χ2v) is 10.6. The summed E-state index contributed by atoms with van der Waals surface area (Å²) in [5.74, 6) is -12.6. The average molecular weight is 632 g/mol. The monoisotopic (exact) mass is 632 g/mol. The van der Waals surface area contributed by atoms with Crippen molar-refractivity contribution in [3.8, 4) is 51.7 Å². The van der Waals surface area contributed by atoms with Crippen LogP contribution in [0.25, 0.3) is 0 Å². The summed E-state index contributed by atoms with van der Waals surface area (Å²) in [4.78, 5) is 26.1. The molecule has 45 heavy (non-hydrogen) atoms. The third kappa shape index (κ3) is 4.09. The zero-order valence-electron chi connectivity index (χ0n) is 22.5. The molecule has 0 spiro atoms. The molecule has 0 aromatic heterocycles. The van der Waals surface area contributed by atoms with Crippen LogP contribution >= 0.6 is 0 Å². The number of aromatic hydroxyl groups is 7. The number of hydrogen-bond acceptors (Lipinski definition) is 17. The van der Waals surface area contributed by atoms with Crippen molar-refractivity contribution in [2.24, 2.45) is 0 Å². The van der Waals surface area contributed by atoms with Crippen molar-refractivity contribution in [2.75, 3.05) is 6.61 Å². The summed E-state index contributed by atoms with van der Waals surface area (Å²) in [7, 11) is 0. The van der Waals surface area contributed by atoms with Crippen molar-refractivity contribution in [2.45, 2.75) is 42.2 Å². The highest BCUT2D eigenvalue weighted by atomic mass is 16.7. The van der Waals surface area contributed by atoms with Crippen LogP contribution in [0.2, 0.25) is 0 Å². The molecular weight excluding hydrogens is 608 g/mol. The van der Waals surface area contributed by atoms with E-state index in [1.54, 1.807) is 0 Å². The predicted octanol–water partition coefficient (Wildman–Crippen LogP) is -0.925. The summed E-state index contributed by atoms with van der Waals surface area (Å²) in [6, 6.07) is 4.30. The van der Waals surface area contributed by atoms with Crippen LogP contribution in [0.5, 0.6) is 51.7 Å². The molecule has 3 aromatic rings. The minimum atomic E-state index is -3.10. The van der Waals surface area contributed by atoms with Gasteiger partial charge in [0.15, 0.2) is 46.7 Å². The molecule has 6 atom stereocenters. The number of benzene rings is 3. The molecule has 0 radical (unpaired) electrons. The second-order valence-electron chi connectivity index (χ2n) is 10.6. The third-order valence-corrected chi connectivity index (χ3v) is 7.89. The van der Waals surface area contributed by atoms with Crippen molar-refractivity contribution in [3.63, 3.8) is 0 Å². The van der Waals surface area contributed by atoms with Crippen LogP contribution in [0.3, 0.4) is 0 Å². The molecule has 1 saturated heterocycles. The van der Waals surface area contributed by atoms with Crippen LogP contribution in [-0.4, -0.2) is 98.8 Å². The van der Waals surface area contributed by atoms with Gasteiger partial charge in [0, 0.05) is 23.6 Å². The molecule has 3 aliphatic rings. The zero-order chi connectivity index (χ0) is 32.7. The molecule has 11 N–H and O–H groups in total. The molecular formula is C28H24O17.